The molecule has 130 valence electrons. The molecule has 0 spiro atoms. The number of nitrogens with one attached hydrogen (secondary N) is 2. The lowest BCUT2D eigenvalue weighted by atomic mass is 10.2. The number of carbonyl (C=O) groups is 2. The van der Waals surface area contributed by atoms with E-state index in [4.69, 9.17) is 0 Å². The first-order valence-electron chi connectivity index (χ1n) is 7.65. The van der Waals surface area contributed by atoms with Gasteiger partial charge in [0.2, 0.25) is 11.8 Å². The van der Waals surface area contributed by atoms with Crippen molar-refractivity contribution in [2.24, 2.45) is 5.10 Å². The van der Waals surface area contributed by atoms with E-state index in [9.17, 15) is 19.8 Å². The maximum atomic E-state index is 11.9. The first-order chi connectivity index (χ1) is 12.0. The van der Waals surface area contributed by atoms with E-state index >= 15 is 0 Å². The average molecular weight is 341 g/mol. The highest BCUT2D eigenvalue weighted by Gasteiger charge is 2.08. The highest BCUT2D eigenvalue weighted by atomic mass is 16.3. The second-order valence-corrected chi connectivity index (χ2v) is 5.40. The number of phenolic OH excluding ortho intramolecular Hbond substituents is 2. The maximum Gasteiger partial charge on any atom is 0.240 e. The van der Waals surface area contributed by atoms with Crippen molar-refractivity contribution in [1.29, 1.82) is 0 Å². The number of hydrogen-bond donors (Lipinski definition) is 4. The Balaban J connectivity index is 1.77. The highest BCUT2D eigenvalue weighted by molar-refractivity contribution is 5.94. The van der Waals surface area contributed by atoms with Crippen molar-refractivity contribution in [3.05, 3.63) is 53.6 Å². The number of carbonyl (C=O) groups excluding carboxylic acids is 2. The van der Waals surface area contributed by atoms with E-state index in [0.29, 0.717) is 11.3 Å². The number of nitrogens with zero attached hydrogens (tertiary/aromatic N) is 1. The van der Waals surface area contributed by atoms with Gasteiger partial charge in [0.25, 0.3) is 0 Å². The Morgan fingerprint density at radius 2 is 1.80 bits per heavy atom. The topological polar surface area (TPSA) is 111 Å². The molecule has 0 saturated heterocycles. The summed E-state index contributed by atoms with van der Waals surface area (Å²) in [5, 5.41) is 25.2. The Kier molecular flexibility index (Phi) is 6.11. The molecule has 0 aliphatic carbocycles. The van der Waals surface area contributed by atoms with Crippen LogP contribution < -0.4 is 10.7 Å². The number of anilines is 1. The zero-order valence-electron chi connectivity index (χ0n) is 13.7. The molecule has 0 atom stereocenters. The van der Waals surface area contributed by atoms with Gasteiger partial charge in [-0.3, -0.25) is 9.59 Å². The number of phenols is 2. The van der Waals surface area contributed by atoms with Gasteiger partial charge in [-0.2, -0.15) is 5.10 Å². The monoisotopic (exact) mass is 341 g/mol. The van der Waals surface area contributed by atoms with E-state index in [0.717, 1.165) is 5.56 Å². The molecule has 0 bridgehead atoms. The van der Waals surface area contributed by atoms with Gasteiger partial charge in [0.15, 0.2) is 0 Å². The van der Waals surface area contributed by atoms with Crippen molar-refractivity contribution in [3.8, 4) is 11.5 Å². The molecule has 0 fully saturated rings. The van der Waals surface area contributed by atoms with E-state index in [1.54, 1.807) is 6.07 Å². The minimum absolute atomic E-state index is 0.0172. The quantitative estimate of drug-likeness (QED) is 0.477. The van der Waals surface area contributed by atoms with E-state index in [2.05, 4.69) is 15.8 Å². The number of aromatic hydroxyl groups is 2. The lowest BCUT2D eigenvalue weighted by Crippen LogP contribution is -2.20. The number of benzene rings is 2. The minimum Gasteiger partial charge on any atom is -0.508 e. The van der Waals surface area contributed by atoms with E-state index in [1.165, 1.54) is 24.4 Å². The van der Waals surface area contributed by atoms with Gasteiger partial charge in [0.1, 0.15) is 11.5 Å². The number of aryl methyl sites for hydroxylation is 1. The summed E-state index contributed by atoms with van der Waals surface area (Å²) >= 11 is 0. The number of rotatable bonds is 6. The van der Waals surface area contributed by atoms with Crippen molar-refractivity contribution in [2.75, 3.05) is 5.32 Å². The molecular formula is C18H19N3O4. The van der Waals surface area contributed by atoms with Crippen LogP contribution in [0, 0.1) is 6.92 Å². The van der Waals surface area contributed by atoms with Crippen LogP contribution in [0.3, 0.4) is 0 Å². The molecule has 2 aromatic carbocycles. The Bertz CT molecular complexity index is 803. The molecule has 2 amide bonds. The van der Waals surface area contributed by atoms with E-state index in [-0.39, 0.29) is 30.2 Å². The van der Waals surface area contributed by atoms with Crippen molar-refractivity contribution in [2.45, 2.75) is 19.8 Å². The molecule has 0 heterocycles. The van der Waals surface area contributed by atoms with E-state index < -0.39 is 5.91 Å². The number of amides is 2. The smallest absolute Gasteiger partial charge is 0.240 e. The fourth-order valence-corrected chi connectivity index (χ4v) is 2.02. The molecule has 0 aliphatic heterocycles. The van der Waals surface area contributed by atoms with Crippen LogP contribution in [0.1, 0.15) is 24.0 Å². The third-order valence-electron chi connectivity index (χ3n) is 3.41. The van der Waals surface area contributed by atoms with Crippen LogP contribution in [0.2, 0.25) is 0 Å². The van der Waals surface area contributed by atoms with Crippen molar-refractivity contribution in [1.82, 2.24) is 5.43 Å². The van der Waals surface area contributed by atoms with Gasteiger partial charge in [0.05, 0.1) is 6.21 Å². The van der Waals surface area contributed by atoms with Gasteiger partial charge in [-0.1, -0.05) is 18.2 Å². The Morgan fingerprint density at radius 3 is 2.52 bits per heavy atom. The number of hydrogen-bond acceptors (Lipinski definition) is 5. The Labute approximate surface area is 145 Å². The van der Waals surface area contributed by atoms with Crippen molar-refractivity contribution < 1.29 is 19.8 Å². The van der Waals surface area contributed by atoms with Gasteiger partial charge < -0.3 is 15.5 Å². The summed E-state index contributed by atoms with van der Waals surface area (Å²) in [6.45, 7) is 1.88. The first-order valence-corrected chi connectivity index (χ1v) is 7.65. The van der Waals surface area contributed by atoms with Gasteiger partial charge in [-0.05, 0) is 30.7 Å². The molecule has 0 aromatic heterocycles. The zero-order valence-corrected chi connectivity index (χ0v) is 13.7. The zero-order chi connectivity index (χ0) is 18.2. The standard InChI is InChI=1S/C18H19N3O4/c1-12-4-2-3-5-15(12)20-17(24)8-9-18(25)21-19-11-13-6-7-14(22)10-16(13)23/h2-7,10-11,22-23H,8-9H2,1H3,(H,20,24)(H,21,25)/b19-11-. The molecule has 7 nitrogen and oxygen atoms in total. The predicted molar refractivity (Wildman–Crippen MR) is 94.6 cm³/mol. The lowest BCUT2D eigenvalue weighted by molar-refractivity contribution is -0.124. The summed E-state index contributed by atoms with van der Waals surface area (Å²) in [4.78, 5) is 23.5. The molecule has 4 N–H and O–H groups in total. The lowest BCUT2D eigenvalue weighted by Gasteiger charge is -2.07. The molecular weight excluding hydrogens is 322 g/mol. The molecule has 7 heteroatoms. The van der Waals surface area contributed by atoms with Crippen LogP contribution in [0.4, 0.5) is 5.69 Å². The highest BCUT2D eigenvalue weighted by Crippen LogP contribution is 2.20. The van der Waals surface area contributed by atoms with Gasteiger partial charge in [0, 0.05) is 30.2 Å². The van der Waals surface area contributed by atoms with Gasteiger partial charge in [-0.15, -0.1) is 0 Å². The molecule has 0 radical (unpaired) electrons. The minimum atomic E-state index is -0.422. The summed E-state index contributed by atoms with van der Waals surface area (Å²) in [5.41, 5.74) is 4.28. The summed E-state index contributed by atoms with van der Waals surface area (Å²) in [7, 11) is 0. The van der Waals surface area contributed by atoms with Crippen molar-refractivity contribution >= 4 is 23.7 Å². The normalized spacial score (nSPS) is 10.6. The second kappa shape index (κ2) is 8.49. The SMILES string of the molecule is Cc1ccccc1NC(=O)CCC(=O)N/N=C\c1ccc(O)cc1O. The Hall–Kier alpha value is -3.35. The third-order valence-corrected chi connectivity index (χ3v) is 3.41. The average Bonchev–Trinajstić information content (AvgIpc) is 2.57. The number of hydrazone groups is 1. The molecule has 2 rings (SSSR count). The molecule has 2 aromatic rings. The fraction of sp³-hybridized carbons (Fsp3) is 0.167. The summed E-state index contributed by atoms with van der Waals surface area (Å²) in [5.74, 6) is -0.909. The van der Waals surface area contributed by atoms with Crippen LogP contribution in [0.15, 0.2) is 47.6 Å². The molecule has 0 aliphatic rings. The van der Waals surface area contributed by atoms with Crippen molar-refractivity contribution in [3.63, 3.8) is 0 Å². The second-order valence-electron chi connectivity index (χ2n) is 5.40. The summed E-state index contributed by atoms with van der Waals surface area (Å²) in [6.07, 6.45) is 1.26. The van der Waals surface area contributed by atoms with Gasteiger partial charge >= 0.3 is 0 Å². The maximum absolute atomic E-state index is 11.9. The van der Waals surface area contributed by atoms with E-state index in [1.807, 2.05) is 25.1 Å². The Morgan fingerprint density at radius 1 is 1.08 bits per heavy atom. The van der Waals surface area contributed by atoms with Gasteiger partial charge in [-0.25, -0.2) is 5.43 Å². The van der Waals surface area contributed by atoms with Crippen LogP contribution in [0.25, 0.3) is 0 Å². The molecule has 0 unspecified atom stereocenters. The summed E-state index contributed by atoms with van der Waals surface area (Å²) in [6, 6.07) is 11.4. The first kappa shape index (κ1) is 18.0. The summed E-state index contributed by atoms with van der Waals surface area (Å²) < 4.78 is 0. The molecule has 25 heavy (non-hydrogen) atoms. The molecule has 0 saturated carbocycles. The predicted octanol–water partition coefficient (Wildman–Crippen LogP) is 2.28. The number of para-hydroxylation sites is 1. The fourth-order valence-electron chi connectivity index (χ4n) is 2.02. The third kappa shape index (κ3) is 5.65. The van der Waals surface area contributed by atoms with Crippen LogP contribution in [-0.2, 0) is 9.59 Å². The van der Waals surface area contributed by atoms with Crippen LogP contribution in [0.5, 0.6) is 11.5 Å². The van der Waals surface area contributed by atoms with Crippen LogP contribution in [-0.4, -0.2) is 28.2 Å². The largest absolute Gasteiger partial charge is 0.508 e. The van der Waals surface area contributed by atoms with Crippen LogP contribution >= 0.6 is 0 Å².